The van der Waals surface area contributed by atoms with Gasteiger partial charge < -0.3 is 4.90 Å². The third kappa shape index (κ3) is 2.35. The van der Waals surface area contributed by atoms with E-state index in [-0.39, 0.29) is 10.8 Å². The normalized spacial score (nSPS) is 28.7. The molecule has 0 aromatic rings. The van der Waals surface area contributed by atoms with Crippen LogP contribution in [0, 0.1) is 16.7 Å². The number of hydrogen-bond acceptors (Lipinski definition) is 1. The maximum atomic E-state index is 11.8. The lowest BCUT2D eigenvalue weighted by Crippen LogP contribution is -2.45. The van der Waals surface area contributed by atoms with Gasteiger partial charge in [-0.1, -0.05) is 41.5 Å². The molecular weight excluding hydrogens is 186 g/mol. The van der Waals surface area contributed by atoms with Gasteiger partial charge >= 0.3 is 0 Å². The summed E-state index contributed by atoms with van der Waals surface area (Å²) in [5.41, 5.74) is 0.372. The minimum Gasteiger partial charge on any atom is -0.342 e. The second-order valence-electron chi connectivity index (χ2n) is 6.99. The molecule has 0 unspecified atom stereocenters. The highest BCUT2D eigenvalue weighted by Crippen LogP contribution is 2.45. The Bertz CT molecular complexity index is 257. The summed E-state index contributed by atoms with van der Waals surface area (Å²) in [6, 6.07) is 0.366. The van der Waals surface area contributed by atoms with Crippen molar-refractivity contribution < 1.29 is 4.79 Å². The zero-order valence-electron chi connectivity index (χ0n) is 11.2. The molecule has 0 N–H and O–H groups in total. The Labute approximate surface area is 94.0 Å². The molecule has 0 radical (unpaired) electrons. The van der Waals surface area contributed by atoms with E-state index in [1.165, 1.54) is 0 Å². The molecule has 0 spiro atoms. The predicted molar refractivity (Wildman–Crippen MR) is 63.6 cm³/mol. The predicted octanol–water partition coefficient (Wildman–Crippen LogP) is 2.93. The largest absolute Gasteiger partial charge is 0.342 e. The summed E-state index contributed by atoms with van der Waals surface area (Å²) >= 11 is 0. The van der Waals surface area contributed by atoms with Crippen LogP contribution in [-0.2, 0) is 4.79 Å². The summed E-state index contributed by atoms with van der Waals surface area (Å²) < 4.78 is 0. The van der Waals surface area contributed by atoms with Crippen molar-refractivity contribution in [2.75, 3.05) is 7.05 Å². The Kier molecular flexibility index (Phi) is 2.92. The number of likely N-dealkylation sites (tertiary alicyclic amines) is 1. The first-order valence-corrected chi connectivity index (χ1v) is 5.81. The van der Waals surface area contributed by atoms with Gasteiger partial charge in [-0.05, 0) is 16.7 Å². The van der Waals surface area contributed by atoms with E-state index in [2.05, 4.69) is 41.5 Å². The quantitative estimate of drug-likeness (QED) is 0.603. The van der Waals surface area contributed by atoms with E-state index in [0.29, 0.717) is 24.3 Å². The molecule has 0 bridgehead atoms. The maximum absolute atomic E-state index is 11.8. The highest BCUT2D eigenvalue weighted by molar-refractivity contribution is 5.79. The standard InChI is InChI=1S/C13H25NO/c1-12(2,3)9-8-10(15)14(7)11(9)13(4,5)6/h9,11H,8H2,1-7H3/t9-,11+/m1/s1. The van der Waals surface area contributed by atoms with Crippen molar-refractivity contribution in [3.8, 4) is 0 Å². The van der Waals surface area contributed by atoms with Gasteiger partial charge in [0.1, 0.15) is 0 Å². The zero-order chi connectivity index (χ0) is 12.0. The second-order valence-corrected chi connectivity index (χ2v) is 6.99. The van der Waals surface area contributed by atoms with E-state index in [4.69, 9.17) is 0 Å². The average Bonchev–Trinajstić information content (AvgIpc) is 2.25. The molecule has 1 rings (SSSR count). The van der Waals surface area contributed by atoms with Gasteiger partial charge in [0, 0.05) is 19.5 Å². The molecule has 15 heavy (non-hydrogen) atoms. The van der Waals surface area contributed by atoms with E-state index >= 15 is 0 Å². The Hall–Kier alpha value is -0.530. The molecular formula is C13H25NO. The van der Waals surface area contributed by atoms with Gasteiger partial charge in [0.15, 0.2) is 0 Å². The van der Waals surface area contributed by atoms with Crippen LogP contribution < -0.4 is 0 Å². The fraction of sp³-hybridized carbons (Fsp3) is 0.923. The van der Waals surface area contributed by atoms with E-state index in [1.807, 2.05) is 11.9 Å². The van der Waals surface area contributed by atoms with Crippen LogP contribution in [0.5, 0.6) is 0 Å². The Morgan fingerprint density at radius 3 is 1.80 bits per heavy atom. The number of hydrogen-bond donors (Lipinski definition) is 0. The zero-order valence-corrected chi connectivity index (χ0v) is 11.2. The molecule has 1 heterocycles. The van der Waals surface area contributed by atoms with Gasteiger partial charge in [-0.3, -0.25) is 4.79 Å². The summed E-state index contributed by atoms with van der Waals surface area (Å²) in [4.78, 5) is 13.8. The fourth-order valence-electron chi connectivity index (χ4n) is 2.83. The molecule has 1 aliphatic rings. The van der Waals surface area contributed by atoms with Crippen molar-refractivity contribution in [1.29, 1.82) is 0 Å². The van der Waals surface area contributed by atoms with Crippen molar-refractivity contribution in [2.24, 2.45) is 16.7 Å². The molecule has 0 aliphatic carbocycles. The molecule has 1 aliphatic heterocycles. The molecule has 1 fully saturated rings. The third-order valence-corrected chi connectivity index (χ3v) is 3.59. The Balaban J connectivity index is 3.03. The Morgan fingerprint density at radius 2 is 1.53 bits per heavy atom. The van der Waals surface area contributed by atoms with Crippen LogP contribution in [0.15, 0.2) is 0 Å². The Morgan fingerprint density at radius 1 is 1.07 bits per heavy atom. The smallest absolute Gasteiger partial charge is 0.222 e. The minimum atomic E-state index is 0.166. The van der Waals surface area contributed by atoms with Crippen LogP contribution in [0.25, 0.3) is 0 Å². The summed E-state index contributed by atoms with van der Waals surface area (Å²) in [6.45, 7) is 13.4. The van der Waals surface area contributed by atoms with E-state index < -0.39 is 0 Å². The van der Waals surface area contributed by atoms with Crippen LogP contribution in [0.1, 0.15) is 48.0 Å². The minimum absolute atomic E-state index is 0.166. The lowest BCUT2D eigenvalue weighted by atomic mass is 9.69. The summed E-state index contributed by atoms with van der Waals surface area (Å²) in [7, 11) is 1.95. The van der Waals surface area contributed by atoms with Gasteiger partial charge in [0.2, 0.25) is 5.91 Å². The van der Waals surface area contributed by atoms with E-state index in [1.54, 1.807) is 0 Å². The average molecular weight is 211 g/mol. The van der Waals surface area contributed by atoms with Crippen molar-refractivity contribution in [1.82, 2.24) is 4.90 Å². The monoisotopic (exact) mass is 211 g/mol. The molecule has 0 aromatic carbocycles. The molecule has 2 heteroatoms. The summed E-state index contributed by atoms with van der Waals surface area (Å²) in [6.07, 6.45) is 0.710. The summed E-state index contributed by atoms with van der Waals surface area (Å²) in [5.74, 6) is 0.768. The van der Waals surface area contributed by atoms with Crippen molar-refractivity contribution in [3.05, 3.63) is 0 Å². The molecule has 2 nitrogen and oxygen atoms in total. The first kappa shape index (κ1) is 12.5. The highest BCUT2D eigenvalue weighted by Gasteiger charge is 2.48. The van der Waals surface area contributed by atoms with Crippen LogP contribution in [0.2, 0.25) is 0 Å². The highest BCUT2D eigenvalue weighted by atomic mass is 16.2. The van der Waals surface area contributed by atoms with Gasteiger partial charge in [0.25, 0.3) is 0 Å². The van der Waals surface area contributed by atoms with Crippen molar-refractivity contribution in [3.63, 3.8) is 0 Å². The van der Waals surface area contributed by atoms with Crippen molar-refractivity contribution >= 4 is 5.91 Å². The van der Waals surface area contributed by atoms with Gasteiger partial charge in [-0.15, -0.1) is 0 Å². The van der Waals surface area contributed by atoms with Gasteiger partial charge in [-0.25, -0.2) is 0 Å². The lowest BCUT2D eigenvalue weighted by molar-refractivity contribution is -0.128. The molecule has 1 saturated heterocycles. The molecule has 1 amide bonds. The number of nitrogens with zero attached hydrogens (tertiary/aromatic N) is 1. The third-order valence-electron chi connectivity index (χ3n) is 3.59. The molecule has 2 atom stereocenters. The van der Waals surface area contributed by atoms with Crippen molar-refractivity contribution in [2.45, 2.75) is 54.0 Å². The van der Waals surface area contributed by atoms with Crippen LogP contribution in [0.4, 0.5) is 0 Å². The first-order chi connectivity index (χ1) is 6.55. The molecule has 88 valence electrons. The number of carbonyl (C=O) groups is 1. The number of rotatable bonds is 0. The van der Waals surface area contributed by atoms with Crippen LogP contribution >= 0.6 is 0 Å². The number of carbonyl (C=O) groups excluding carboxylic acids is 1. The lowest BCUT2D eigenvalue weighted by Gasteiger charge is -2.41. The van der Waals surface area contributed by atoms with Gasteiger partial charge in [-0.2, -0.15) is 0 Å². The fourth-order valence-corrected chi connectivity index (χ4v) is 2.83. The number of amides is 1. The summed E-state index contributed by atoms with van der Waals surface area (Å²) in [5, 5.41) is 0. The van der Waals surface area contributed by atoms with Gasteiger partial charge in [0.05, 0.1) is 0 Å². The van der Waals surface area contributed by atoms with E-state index in [9.17, 15) is 4.79 Å². The molecule has 0 saturated carbocycles. The molecule has 0 aromatic heterocycles. The maximum Gasteiger partial charge on any atom is 0.222 e. The topological polar surface area (TPSA) is 20.3 Å². The second kappa shape index (κ2) is 3.50. The first-order valence-electron chi connectivity index (χ1n) is 5.81. The van der Waals surface area contributed by atoms with E-state index in [0.717, 1.165) is 0 Å². The van der Waals surface area contributed by atoms with Crippen LogP contribution in [-0.4, -0.2) is 23.9 Å². The van der Waals surface area contributed by atoms with Crippen LogP contribution in [0.3, 0.4) is 0 Å². The SMILES string of the molecule is CN1C(=O)C[C@@H](C(C)(C)C)[C@H]1C(C)(C)C.